The van der Waals surface area contributed by atoms with E-state index in [1.54, 1.807) is 24.3 Å². The van der Waals surface area contributed by atoms with Crippen molar-refractivity contribution in [2.45, 2.75) is 6.42 Å². The average molecular weight is 264 g/mol. The molecule has 7 heteroatoms. The van der Waals surface area contributed by atoms with Gasteiger partial charge in [0.2, 0.25) is 0 Å². The van der Waals surface area contributed by atoms with Gasteiger partial charge in [0, 0.05) is 27.2 Å². The van der Waals surface area contributed by atoms with E-state index in [0.717, 1.165) is 36.4 Å². The molecule has 0 radical (unpaired) electrons. The number of rotatable bonds is 7. The highest BCUT2D eigenvalue weighted by Gasteiger charge is 2.14. The minimum absolute atomic E-state index is 0.649. The molecule has 0 saturated heterocycles. The molecule has 0 unspecified atom stereocenters. The normalized spacial score (nSPS) is 11.1. The zero-order valence-electron chi connectivity index (χ0n) is 11.4. The first-order valence-corrected chi connectivity index (χ1v) is 6.34. The fraction of sp³-hybridized carbons (Fsp3) is 0.583. The Labute approximate surface area is 112 Å². The van der Waals surface area contributed by atoms with Crippen LogP contribution in [-0.4, -0.2) is 53.1 Å². The number of anilines is 1. The van der Waals surface area contributed by atoms with Gasteiger partial charge in [-0.1, -0.05) is 0 Å². The Balaban J connectivity index is 2.31. The van der Waals surface area contributed by atoms with Gasteiger partial charge in [0.15, 0.2) is 5.65 Å². The van der Waals surface area contributed by atoms with Crippen LogP contribution < -0.4 is 10.6 Å². The Morgan fingerprint density at radius 3 is 2.95 bits per heavy atom. The lowest BCUT2D eigenvalue weighted by molar-refractivity contribution is 0.205. The van der Waals surface area contributed by atoms with Crippen molar-refractivity contribution in [3.8, 4) is 0 Å². The van der Waals surface area contributed by atoms with E-state index < -0.39 is 0 Å². The van der Waals surface area contributed by atoms with E-state index in [1.807, 2.05) is 7.05 Å². The number of nitrogens with two attached hydrogens (primary N) is 1. The molecular formula is C12H20N6O. The summed E-state index contributed by atoms with van der Waals surface area (Å²) in [6.07, 6.45) is 4.28. The molecular weight excluding hydrogens is 244 g/mol. The topological polar surface area (TPSA) is 82.1 Å². The van der Waals surface area contributed by atoms with Gasteiger partial charge in [0.1, 0.15) is 12.1 Å². The third-order valence-electron chi connectivity index (χ3n) is 3.01. The lowest BCUT2D eigenvalue weighted by atomic mass is 10.3. The van der Waals surface area contributed by atoms with Crippen molar-refractivity contribution in [2.75, 3.05) is 38.3 Å². The van der Waals surface area contributed by atoms with E-state index in [1.165, 1.54) is 0 Å². The standard InChI is InChI=1S/C12H20N6O/c1-17-11-10(8-16-17)12(15-9-14-11)18(5-3-4-13)6-7-19-2/h8-9H,3-7,13H2,1-2H3. The van der Waals surface area contributed by atoms with Gasteiger partial charge in [-0.3, -0.25) is 4.68 Å². The van der Waals surface area contributed by atoms with Crippen molar-refractivity contribution in [1.29, 1.82) is 0 Å². The Morgan fingerprint density at radius 1 is 1.37 bits per heavy atom. The molecule has 0 atom stereocenters. The molecule has 2 N–H and O–H groups in total. The first-order chi connectivity index (χ1) is 9.27. The molecule has 2 heterocycles. The van der Waals surface area contributed by atoms with E-state index in [9.17, 15) is 0 Å². The molecule has 0 aliphatic carbocycles. The Hall–Kier alpha value is -1.73. The minimum Gasteiger partial charge on any atom is -0.383 e. The first-order valence-electron chi connectivity index (χ1n) is 6.34. The molecule has 0 aromatic carbocycles. The van der Waals surface area contributed by atoms with Crippen molar-refractivity contribution in [2.24, 2.45) is 12.8 Å². The molecule has 2 rings (SSSR count). The second-order valence-corrected chi connectivity index (χ2v) is 4.32. The van der Waals surface area contributed by atoms with Crippen molar-refractivity contribution in [3.63, 3.8) is 0 Å². The number of fused-ring (bicyclic) bond motifs is 1. The van der Waals surface area contributed by atoms with Crippen LogP contribution in [0.1, 0.15) is 6.42 Å². The SMILES string of the molecule is COCCN(CCCN)c1ncnc2c1cnn2C. The first kappa shape index (κ1) is 13.7. The molecule has 0 fully saturated rings. The molecule has 19 heavy (non-hydrogen) atoms. The number of methoxy groups -OCH3 is 1. The fourth-order valence-corrected chi connectivity index (χ4v) is 2.01. The third-order valence-corrected chi connectivity index (χ3v) is 3.01. The number of aromatic nitrogens is 4. The number of nitrogens with zero attached hydrogens (tertiary/aromatic N) is 5. The highest BCUT2D eigenvalue weighted by Crippen LogP contribution is 2.21. The zero-order valence-corrected chi connectivity index (χ0v) is 11.4. The Kier molecular flexibility index (Phi) is 4.64. The van der Waals surface area contributed by atoms with Crippen LogP contribution in [0.25, 0.3) is 11.0 Å². The fourth-order valence-electron chi connectivity index (χ4n) is 2.01. The maximum atomic E-state index is 5.59. The molecule has 0 spiro atoms. The second-order valence-electron chi connectivity index (χ2n) is 4.32. The smallest absolute Gasteiger partial charge is 0.163 e. The van der Waals surface area contributed by atoms with Crippen LogP contribution in [0, 0.1) is 0 Å². The molecule has 104 valence electrons. The highest BCUT2D eigenvalue weighted by molar-refractivity contribution is 5.86. The van der Waals surface area contributed by atoms with Crippen LogP contribution in [0.4, 0.5) is 5.82 Å². The molecule has 0 amide bonds. The molecule has 0 bridgehead atoms. The molecule has 0 aliphatic rings. The van der Waals surface area contributed by atoms with Crippen LogP contribution in [0.15, 0.2) is 12.5 Å². The predicted octanol–water partition coefficient (Wildman–Crippen LogP) is 0.165. The molecule has 0 aliphatic heterocycles. The van der Waals surface area contributed by atoms with Crippen molar-refractivity contribution in [1.82, 2.24) is 19.7 Å². The quantitative estimate of drug-likeness (QED) is 0.767. The summed E-state index contributed by atoms with van der Waals surface area (Å²) in [4.78, 5) is 10.8. The van der Waals surface area contributed by atoms with Gasteiger partial charge in [-0.15, -0.1) is 0 Å². The summed E-state index contributed by atoms with van der Waals surface area (Å²) in [5.74, 6) is 0.892. The van der Waals surface area contributed by atoms with Gasteiger partial charge in [0.25, 0.3) is 0 Å². The van der Waals surface area contributed by atoms with Gasteiger partial charge in [0.05, 0.1) is 18.2 Å². The minimum atomic E-state index is 0.649. The zero-order chi connectivity index (χ0) is 13.7. The van der Waals surface area contributed by atoms with Gasteiger partial charge < -0.3 is 15.4 Å². The van der Waals surface area contributed by atoms with Crippen LogP contribution >= 0.6 is 0 Å². The third kappa shape index (κ3) is 2.99. The molecule has 7 nitrogen and oxygen atoms in total. The van der Waals surface area contributed by atoms with Crippen LogP contribution in [0.2, 0.25) is 0 Å². The van der Waals surface area contributed by atoms with Crippen LogP contribution in [0.3, 0.4) is 0 Å². The lowest BCUT2D eigenvalue weighted by Gasteiger charge is -2.23. The van der Waals surface area contributed by atoms with Gasteiger partial charge in [-0.2, -0.15) is 5.10 Å². The summed E-state index contributed by atoms with van der Waals surface area (Å²) >= 11 is 0. The molecule has 2 aromatic rings. The summed E-state index contributed by atoms with van der Waals surface area (Å²) in [5, 5.41) is 5.19. The van der Waals surface area contributed by atoms with Crippen LogP contribution in [-0.2, 0) is 11.8 Å². The number of ether oxygens (including phenoxy) is 1. The van der Waals surface area contributed by atoms with Crippen molar-refractivity contribution < 1.29 is 4.74 Å². The number of aryl methyl sites for hydroxylation is 1. The van der Waals surface area contributed by atoms with E-state index in [2.05, 4.69) is 20.0 Å². The van der Waals surface area contributed by atoms with E-state index >= 15 is 0 Å². The highest BCUT2D eigenvalue weighted by atomic mass is 16.5. The second kappa shape index (κ2) is 6.44. The van der Waals surface area contributed by atoms with E-state index in [4.69, 9.17) is 10.5 Å². The van der Waals surface area contributed by atoms with E-state index in [0.29, 0.717) is 13.2 Å². The van der Waals surface area contributed by atoms with Crippen molar-refractivity contribution in [3.05, 3.63) is 12.5 Å². The summed E-state index contributed by atoms with van der Waals surface area (Å²) in [5.41, 5.74) is 6.43. The maximum absolute atomic E-state index is 5.59. The van der Waals surface area contributed by atoms with Gasteiger partial charge >= 0.3 is 0 Å². The van der Waals surface area contributed by atoms with E-state index in [-0.39, 0.29) is 0 Å². The summed E-state index contributed by atoms with van der Waals surface area (Å²) < 4.78 is 6.90. The summed E-state index contributed by atoms with van der Waals surface area (Å²) in [7, 11) is 3.57. The number of hydrogen-bond donors (Lipinski definition) is 1. The summed E-state index contributed by atoms with van der Waals surface area (Å²) in [6.45, 7) is 2.93. The summed E-state index contributed by atoms with van der Waals surface area (Å²) in [6, 6.07) is 0. The maximum Gasteiger partial charge on any atom is 0.163 e. The largest absolute Gasteiger partial charge is 0.383 e. The predicted molar refractivity (Wildman–Crippen MR) is 74.1 cm³/mol. The van der Waals surface area contributed by atoms with Gasteiger partial charge in [-0.25, -0.2) is 9.97 Å². The molecule has 0 saturated carbocycles. The molecule has 2 aromatic heterocycles. The number of hydrogen-bond acceptors (Lipinski definition) is 6. The van der Waals surface area contributed by atoms with Gasteiger partial charge in [-0.05, 0) is 13.0 Å². The Morgan fingerprint density at radius 2 is 2.21 bits per heavy atom. The monoisotopic (exact) mass is 264 g/mol. The van der Waals surface area contributed by atoms with Crippen LogP contribution in [0.5, 0.6) is 0 Å². The average Bonchev–Trinajstić information content (AvgIpc) is 2.81. The lowest BCUT2D eigenvalue weighted by Crippen LogP contribution is -2.30. The van der Waals surface area contributed by atoms with Crippen molar-refractivity contribution >= 4 is 16.9 Å². The Bertz CT molecular complexity index is 518.